The molecule has 168 valence electrons. The minimum Gasteiger partial charge on any atom is -0.456 e. The summed E-state index contributed by atoms with van der Waals surface area (Å²) in [6.07, 6.45) is -3.04. The van der Waals surface area contributed by atoms with Crippen molar-refractivity contribution in [1.29, 1.82) is 0 Å². The quantitative estimate of drug-likeness (QED) is 0.560. The molecular formula is C24H30O6S. The van der Waals surface area contributed by atoms with E-state index in [1.165, 1.54) is 18.7 Å². The van der Waals surface area contributed by atoms with Crippen molar-refractivity contribution in [2.24, 2.45) is 0 Å². The van der Waals surface area contributed by atoms with Gasteiger partial charge in [-0.15, -0.1) is 11.8 Å². The Hall–Kier alpha value is -1.90. The van der Waals surface area contributed by atoms with Crippen molar-refractivity contribution in [2.45, 2.75) is 56.9 Å². The smallest absolute Gasteiger partial charge is 0.303 e. The first-order valence-corrected chi connectivity index (χ1v) is 11.5. The van der Waals surface area contributed by atoms with Gasteiger partial charge in [-0.1, -0.05) is 67.6 Å². The van der Waals surface area contributed by atoms with Crippen molar-refractivity contribution in [3.8, 4) is 0 Å². The number of thioether (sulfide) groups is 1. The molecule has 7 heteroatoms. The summed E-state index contributed by atoms with van der Waals surface area (Å²) < 4.78 is 23.6. The lowest BCUT2D eigenvalue weighted by Crippen LogP contribution is -2.59. The number of esters is 1. The van der Waals surface area contributed by atoms with Crippen LogP contribution in [0.4, 0.5) is 0 Å². The fourth-order valence-corrected chi connectivity index (χ4v) is 4.44. The average Bonchev–Trinajstić information content (AvgIpc) is 2.77. The first kappa shape index (κ1) is 23.8. The van der Waals surface area contributed by atoms with E-state index in [9.17, 15) is 9.90 Å². The Morgan fingerprint density at radius 3 is 2.19 bits per heavy atom. The van der Waals surface area contributed by atoms with Crippen LogP contribution in [0.2, 0.25) is 0 Å². The highest BCUT2D eigenvalue weighted by Gasteiger charge is 2.47. The van der Waals surface area contributed by atoms with Crippen LogP contribution in [0.15, 0.2) is 60.7 Å². The maximum Gasteiger partial charge on any atom is 0.303 e. The highest BCUT2D eigenvalue weighted by molar-refractivity contribution is 7.99. The van der Waals surface area contributed by atoms with Crippen LogP contribution in [0.1, 0.15) is 25.0 Å². The number of rotatable bonds is 10. The van der Waals surface area contributed by atoms with Gasteiger partial charge in [0.1, 0.15) is 23.7 Å². The largest absolute Gasteiger partial charge is 0.456 e. The molecule has 0 aromatic heterocycles. The van der Waals surface area contributed by atoms with Crippen LogP contribution in [0.25, 0.3) is 0 Å². The van der Waals surface area contributed by atoms with E-state index < -0.39 is 35.8 Å². The van der Waals surface area contributed by atoms with Gasteiger partial charge in [0.15, 0.2) is 6.10 Å². The average molecular weight is 447 g/mol. The first-order valence-electron chi connectivity index (χ1n) is 10.5. The number of hydrogen-bond donors (Lipinski definition) is 1. The number of benzene rings is 2. The van der Waals surface area contributed by atoms with E-state index in [4.69, 9.17) is 18.9 Å². The van der Waals surface area contributed by atoms with Crippen LogP contribution < -0.4 is 0 Å². The van der Waals surface area contributed by atoms with Crippen molar-refractivity contribution < 1.29 is 28.8 Å². The topological polar surface area (TPSA) is 74.2 Å². The van der Waals surface area contributed by atoms with E-state index >= 15 is 0 Å². The molecule has 0 saturated carbocycles. The molecule has 3 rings (SSSR count). The van der Waals surface area contributed by atoms with Gasteiger partial charge in [0.25, 0.3) is 0 Å². The van der Waals surface area contributed by atoms with Crippen molar-refractivity contribution in [3.63, 3.8) is 0 Å². The fraction of sp³-hybridized carbons (Fsp3) is 0.458. The Bertz CT molecular complexity index is 787. The summed E-state index contributed by atoms with van der Waals surface area (Å²) in [5.74, 6) is 0.289. The van der Waals surface area contributed by atoms with E-state index in [0.29, 0.717) is 13.2 Å². The molecular weight excluding hydrogens is 416 g/mol. The second-order valence-corrected chi connectivity index (χ2v) is 8.70. The zero-order valence-electron chi connectivity index (χ0n) is 17.9. The molecule has 2 aromatic carbocycles. The Balaban J connectivity index is 1.71. The highest BCUT2D eigenvalue weighted by Crippen LogP contribution is 2.32. The predicted molar refractivity (Wildman–Crippen MR) is 119 cm³/mol. The zero-order chi connectivity index (χ0) is 22.1. The number of aliphatic hydroxyl groups is 1. The fourth-order valence-electron chi connectivity index (χ4n) is 3.48. The molecule has 1 aliphatic heterocycles. The molecule has 0 unspecified atom stereocenters. The summed E-state index contributed by atoms with van der Waals surface area (Å²) in [4.78, 5) is 11.6. The number of ether oxygens (including phenoxy) is 4. The van der Waals surface area contributed by atoms with Gasteiger partial charge >= 0.3 is 5.97 Å². The monoisotopic (exact) mass is 446 g/mol. The highest BCUT2D eigenvalue weighted by atomic mass is 32.2. The van der Waals surface area contributed by atoms with Gasteiger partial charge in [-0.3, -0.25) is 4.79 Å². The predicted octanol–water partition coefficient (Wildman–Crippen LogP) is 3.56. The molecule has 1 fully saturated rings. The molecule has 0 spiro atoms. The number of aliphatic hydroxyl groups excluding tert-OH is 1. The van der Waals surface area contributed by atoms with Gasteiger partial charge in [-0.25, -0.2) is 0 Å². The van der Waals surface area contributed by atoms with Crippen molar-refractivity contribution in [1.82, 2.24) is 0 Å². The molecule has 1 heterocycles. The summed E-state index contributed by atoms with van der Waals surface area (Å²) in [7, 11) is 0. The molecule has 2 aromatic rings. The minimum atomic E-state index is -1.03. The van der Waals surface area contributed by atoms with Crippen LogP contribution in [-0.2, 0) is 37.0 Å². The van der Waals surface area contributed by atoms with Crippen LogP contribution in [0.3, 0.4) is 0 Å². The summed E-state index contributed by atoms with van der Waals surface area (Å²) in [5, 5.41) is 11.1. The van der Waals surface area contributed by atoms with Gasteiger partial charge < -0.3 is 24.1 Å². The van der Waals surface area contributed by atoms with Crippen LogP contribution in [-0.4, -0.2) is 53.3 Å². The second-order valence-electron chi connectivity index (χ2n) is 7.32. The molecule has 0 radical (unpaired) electrons. The molecule has 1 saturated heterocycles. The maximum atomic E-state index is 11.6. The van der Waals surface area contributed by atoms with Gasteiger partial charge in [0, 0.05) is 6.92 Å². The molecule has 5 atom stereocenters. The third kappa shape index (κ3) is 7.05. The summed E-state index contributed by atoms with van der Waals surface area (Å²) in [5.41, 5.74) is 1.54. The third-order valence-corrected chi connectivity index (χ3v) is 5.97. The van der Waals surface area contributed by atoms with E-state index in [-0.39, 0.29) is 6.61 Å². The lowest BCUT2D eigenvalue weighted by molar-refractivity contribution is -0.236. The van der Waals surface area contributed by atoms with Crippen LogP contribution in [0.5, 0.6) is 0 Å². The van der Waals surface area contributed by atoms with Crippen LogP contribution in [0, 0.1) is 0 Å². The lowest BCUT2D eigenvalue weighted by atomic mass is 9.99. The third-order valence-electron chi connectivity index (χ3n) is 4.93. The van der Waals surface area contributed by atoms with E-state index in [1.807, 2.05) is 67.6 Å². The van der Waals surface area contributed by atoms with Crippen molar-refractivity contribution >= 4 is 17.7 Å². The molecule has 0 amide bonds. The minimum absolute atomic E-state index is 0.249. The number of hydrogen-bond acceptors (Lipinski definition) is 7. The molecule has 1 aliphatic rings. The second kappa shape index (κ2) is 12.2. The van der Waals surface area contributed by atoms with Gasteiger partial charge in [-0.05, 0) is 16.9 Å². The molecule has 0 bridgehead atoms. The summed E-state index contributed by atoms with van der Waals surface area (Å²) in [6, 6.07) is 19.6. The summed E-state index contributed by atoms with van der Waals surface area (Å²) in [6.45, 7) is 4.30. The van der Waals surface area contributed by atoms with E-state index in [1.54, 1.807) is 0 Å². The van der Waals surface area contributed by atoms with E-state index in [0.717, 1.165) is 16.9 Å². The lowest BCUT2D eigenvalue weighted by Gasteiger charge is -2.43. The molecule has 0 aliphatic carbocycles. The molecule has 6 nitrogen and oxygen atoms in total. The normalized spacial score (nSPS) is 25.8. The standard InChI is InChI=1S/C24H30O6S/c1-3-31-24-23(29-17(2)25)21(26)22(28-15-19-12-8-5-9-13-19)20(30-24)16-27-14-18-10-6-4-7-11-18/h4-13,20-24,26H,3,14-16H2,1-2H3/t20-,21+,22-,23+,24-/m1/s1. The first-order chi connectivity index (χ1) is 15.1. The molecule has 31 heavy (non-hydrogen) atoms. The Morgan fingerprint density at radius 2 is 1.61 bits per heavy atom. The van der Waals surface area contributed by atoms with Gasteiger partial charge in [-0.2, -0.15) is 0 Å². The van der Waals surface area contributed by atoms with Gasteiger partial charge in [0.05, 0.1) is 19.8 Å². The maximum absolute atomic E-state index is 11.6. The summed E-state index contributed by atoms with van der Waals surface area (Å²) >= 11 is 1.49. The Morgan fingerprint density at radius 1 is 1.00 bits per heavy atom. The molecule has 1 N–H and O–H groups in total. The van der Waals surface area contributed by atoms with Gasteiger partial charge in [0.2, 0.25) is 0 Å². The number of carbonyl (C=O) groups is 1. The van der Waals surface area contributed by atoms with E-state index in [2.05, 4.69) is 0 Å². The van der Waals surface area contributed by atoms with Crippen LogP contribution >= 0.6 is 11.8 Å². The van der Waals surface area contributed by atoms with Crippen molar-refractivity contribution in [2.75, 3.05) is 12.4 Å². The zero-order valence-corrected chi connectivity index (χ0v) is 18.7. The van der Waals surface area contributed by atoms with Crippen molar-refractivity contribution in [3.05, 3.63) is 71.8 Å². The number of carbonyl (C=O) groups excluding carboxylic acids is 1. The Kier molecular flexibility index (Phi) is 9.36. The Labute approximate surface area is 187 Å². The SMILES string of the molecule is CCS[C@H]1O[C@H](COCc2ccccc2)[C@@H](OCc2ccccc2)[C@H](O)[C@@H]1OC(C)=O.